The number of hydrogen-bond acceptors (Lipinski definition) is 6. The zero-order valence-corrected chi connectivity index (χ0v) is 16.4. The number of hydrogen-bond donors (Lipinski definition) is 0. The van der Waals surface area contributed by atoms with Crippen molar-refractivity contribution in [3.05, 3.63) is 65.2 Å². The average molecular weight is 384 g/mol. The molecule has 28 heavy (non-hydrogen) atoms. The third kappa shape index (κ3) is 6.16. The van der Waals surface area contributed by atoms with Crippen molar-refractivity contribution in [1.82, 2.24) is 0 Å². The minimum absolute atomic E-state index is 0.0305. The number of carbonyl (C=O) groups is 2. The van der Waals surface area contributed by atoms with Crippen LogP contribution < -0.4 is 9.47 Å². The smallest absolute Gasteiger partial charge is 0.337 e. The summed E-state index contributed by atoms with van der Waals surface area (Å²) in [5.41, 5.74) is 1.88. The summed E-state index contributed by atoms with van der Waals surface area (Å²) in [6, 6.07) is 12.1. The summed E-state index contributed by atoms with van der Waals surface area (Å²) in [6.45, 7) is 3.92. The van der Waals surface area contributed by atoms with Gasteiger partial charge in [0.25, 0.3) is 0 Å². The molecular formula is C22H24O6. The maximum Gasteiger partial charge on any atom is 0.337 e. The standard InChI is InChI=1S/C22H24O6/c1-15(2)28-19-10-8-16(13-20(19)25-3)9-11-21(23)27-14-17-6-5-7-18(12-17)22(24)26-4/h5-13,15H,14H2,1-4H3/b11-9+. The molecule has 148 valence electrons. The van der Waals surface area contributed by atoms with Crippen molar-refractivity contribution in [2.75, 3.05) is 14.2 Å². The molecule has 0 spiro atoms. The van der Waals surface area contributed by atoms with Gasteiger partial charge >= 0.3 is 11.9 Å². The number of carbonyl (C=O) groups excluding carboxylic acids is 2. The van der Waals surface area contributed by atoms with Gasteiger partial charge in [0, 0.05) is 6.08 Å². The van der Waals surface area contributed by atoms with Crippen molar-refractivity contribution >= 4 is 18.0 Å². The summed E-state index contributed by atoms with van der Waals surface area (Å²) >= 11 is 0. The fraction of sp³-hybridized carbons (Fsp3) is 0.273. The van der Waals surface area contributed by atoms with Gasteiger partial charge in [-0.2, -0.15) is 0 Å². The van der Waals surface area contributed by atoms with Crippen molar-refractivity contribution in [3.63, 3.8) is 0 Å². The highest BCUT2D eigenvalue weighted by Crippen LogP contribution is 2.29. The van der Waals surface area contributed by atoms with Crippen LogP contribution in [0.4, 0.5) is 0 Å². The van der Waals surface area contributed by atoms with Crippen LogP contribution in [0.2, 0.25) is 0 Å². The Morgan fingerprint density at radius 2 is 1.82 bits per heavy atom. The van der Waals surface area contributed by atoms with Gasteiger partial charge in [-0.15, -0.1) is 0 Å². The Morgan fingerprint density at radius 3 is 2.50 bits per heavy atom. The lowest BCUT2D eigenvalue weighted by molar-refractivity contribution is -0.138. The minimum Gasteiger partial charge on any atom is -0.493 e. The average Bonchev–Trinajstić information content (AvgIpc) is 2.70. The van der Waals surface area contributed by atoms with E-state index in [2.05, 4.69) is 4.74 Å². The van der Waals surface area contributed by atoms with Crippen LogP contribution >= 0.6 is 0 Å². The molecule has 2 aromatic carbocycles. The highest BCUT2D eigenvalue weighted by atomic mass is 16.5. The highest BCUT2D eigenvalue weighted by molar-refractivity contribution is 5.89. The predicted molar refractivity (Wildman–Crippen MR) is 105 cm³/mol. The van der Waals surface area contributed by atoms with Crippen LogP contribution in [0.1, 0.15) is 35.3 Å². The van der Waals surface area contributed by atoms with Crippen LogP contribution in [0.3, 0.4) is 0 Å². The molecule has 0 fully saturated rings. The molecule has 0 aliphatic carbocycles. The molecule has 0 unspecified atom stereocenters. The van der Waals surface area contributed by atoms with Crippen LogP contribution in [0.5, 0.6) is 11.5 Å². The SMILES string of the molecule is COC(=O)c1cccc(COC(=O)/C=C/c2ccc(OC(C)C)c(OC)c2)c1. The van der Waals surface area contributed by atoms with Gasteiger partial charge in [-0.1, -0.05) is 18.2 Å². The molecule has 0 amide bonds. The summed E-state index contributed by atoms with van der Waals surface area (Å²) in [7, 11) is 2.88. The van der Waals surface area contributed by atoms with Gasteiger partial charge in [-0.25, -0.2) is 9.59 Å². The van der Waals surface area contributed by atoms with E-state index in [1.807, 2.05) is 19.9 Å². The van der Waals surface area contributed by atoms with E-state index < -0.39 is 11.9 Å². The predicted octanol–water partition coefficient (Wildman–Crippen LogP) is 4.03. The molecule has 6 heteroatoms. The van der Waals surface area contributed by atoms with Gasteiger partial charge < -0.3 is 18.9 Å². The highest BCUT2D eigenvalue weighted by Gasteiger charge is 2.08. The van der Waals surface area contributed by atoms with Gasteiger partial charge in [0.1, 0.15) is 6.61 Å². The molecule has 0 atom stereocenters. The van der Waals surface area contributed by atoms with Crippen LogP contribution in [-0.4, -0.2) is 32.3 Å². The Kier molecular flexibility index (Phi) is 7.63. The van der Waals surface area contributed by atoms with Crippen molar-refractivity contribution < 1.29 is 28.5 Å². The van der Waals surface area contributed by atoms with E-state index >= 15 is 0 Å². The third-order valence-corrected chi connectivity index (χ3v) is 3.69. The van der Waals surface area contributed by atoms with Crippen molar-refractivity contribution in [3.8, 4) is 11.5 Å². The van der Waals surface area contributed by atoms with Crippen LogP contribution in [0, 0.1) is 0 Å². The number of methoxy groups -OCH3 is 2. The van der Waals surface area contributed by atoms with E-state index in [9.17, 15) is 9.59 Å². The molecule has 0 aromatic heterocycles. The molecule has 2 aromatic rings. The van der Waals surface area contributed by atoms with Gasteiger partial charge in [-0.3, -0.25) is 0 Å². The number of rotatable bonds is 8. The third-order valence-electron chi connectivity index (χ3n) is 3.69. The van der Waals surface area contributed by atoms with Crippen molar-refractivity contribution in [1.29, 1.82) is 0 Å². The molecule has 2 rings (SSSR count). The number of benzene rings is 2. The van der Waals surface area contributed by atoms with Crippen molar-refractivity contribution in [2.45, 2.75) is 26.6 Å². The molecule has 0 aliphatic heterocycles. The fourth-order valence-electron chi connectivity index (χ4n) is 2.41. The monoisotopic (exact) mass is 384 g/mol. The van der Waals surface area contributed by atoms with E-state index in [0.717, 1.165) is 5.56 Å². The van der Waals surface area contributed by atoms with Gasteiger partial charge in [0.05, 0.1) is 25.9 Å². The molecule has 0 saturated carbocycles. The van der Waals surface area contributed by atoms with Crippen LogP contribution in [-0.2, 0) is 20.9 Å². The maximum absolute atomic E-state index is 12.0. The van der Waals surface area contributed by atoms with Crippen molar-refractivity contribution in [2.24, 2.45) is 0 Å². The Labute approximate surface area is 164 Å². The lowest BCUT2D eigenvalue weighted by atomic mass is 10.1. The minimum atomic E-state index is -0.495. The Bertz CT molecular complexity index is 854. The summed E-state index contributed by atoms with van der Waals surface area (Å²) < 4.78 is 20.9. The topological polar surface area (TPSA) is 71.1 Å². The second kappa shape index (κ2) is 10.2. The van der Waals surface area contributed by atoms with Gasteiger partial charge in [-0.05, 0) is 55.3 Å². The molecule has 0 aliphatic rings. The van der Waals surface area contributed by atoms with E-state index in [0.29, 0.717) is 22.6 Å². The first-order chi connectivity index (χ1) is 13.4. The fourth-order valence-corrected chi connectivity index (χ4v) is 2.41. The number of ether oxygens (including phenoxy) is 4. The molecule has 0 N–H and O–H groups in total. The molecule has 0 saturated heterocycles. The Morgan fingerprint density at radius 1 is 1.04 bits per heavy atom. The van der Waals surface area contributed by atoms with E-state index in [1.165, 1.54) is 13.2 Å². The summed E-state index contributed by atoms with van der Waals surface area (Å²) in [5.74, 6) is 0.295. The van der Waals surface area contributed by atoms with Crippen LogP contribution in [0.25, 0.3) is 6.08 Å². The zero-order chi connectivity index (χ0) is 20.5. The Balaban J connectivity index is 1.97. The molecule has 6 nitrogen and oxygen atoms in total. The first-order valence-electron chi connectivity index (χ1n) is 8.79. The first kappa shape index (κ1) is 21.0. The second-order valence-electron chi connectivity index (χ2n) is 6.21. The number of esters is 2. The van der Waals surface area contributed by atoms with E-state index in [4.69, 9.17) is 14.2 Å². The summed E-state index contributed by atoms with van der Waals surface area (Å²) in [5, 5.41) is 0. The lowest BCUT2D eigenvalue weighted by Gasteiger charge is -2.13. The van der Waals surface area contributed by atoms with Gasteiger partial charge in [0.2, 0.25) is 0 Å². The van der Waals surface area contributed by atoms with E-state index in [-0.39, 0.29) is 12.7 Å². The lowest BCUT2D eigenvalue weighted by Crippen LogP contribution is -2.06. The molecular weight excluding hydrogens is 360 g/mol. The summed E-state index contributed by atoms with van der Waals surface area (Å²) in [4.78, 5) is 23.5. The normalized spacial score (nSPS) is 10.8. The maximum atomic E-state index is 12.0. The van der Waals surface area contributed by atoms with E-state index in [1.54, 1.807) is 49.6 Å². The molecule has 0 radical (unpaired) electrons. The quantitative estimate of drug-likeness (QED) is 0.506. The van der Waals surface area contributed by atoms with Crippen LogP contribution in [0.15, 0.2) is 48.5 Å². The second-order valence-corrected chi connectivity index (χ2v) is 6.21. The Hall–Kier alpha value is -3.28. The largest absolute Gasteiger partial charge is 0.493 e. The van der Waals surface area contributed by atoms with Gasteiger partial charge in [0.15, 0.2) is 11.5 Å². The summed E-state index contributed by atoms with van der Waals surface area (Å²) in [6.07, 6.45) is 3.00. The molecule has 0 bridgehead atoms. The zero-order valence-electron chi connectivity index (χ0n) is 16.4. The first-order valence-corrected chi connectivity index (χ1v) is 8.79. The molecule has 0 heterocycles.